The topological polar surface area (TPSA) is 18.5 Å². The van der Waals surface area contributed by atoms with E-state index in [1.54, 1.807) is 5.57 Å². The molecule has 0 N–H and O–H groups in total. The summed E-state index contributed by atoms with van der Waals surface area (Å²) < 4.78 is 11.6. The van der Waals surface area contributed by atoms with Crippen LogP contribution in [0.1, 0.15) is 110 Å². The molecule has 0 amide bonds. The molecule has 1 saturated carbocycles. The van der Waals surface area contributed by atoms with Gasteiger partial charge in [0.2, 0.25) is 0 Å². The van der Waals surface area contributed by atoms with Gasteiger partial charge in [-0.05, 0) is 25.7 Å². The molecule has 0 bridgehead atoms. The van der Waals surface area contributed by atoms with E-state index >= 15 is 0 Å². The number of ether oxygens (including phenoxy) is 2. The zero-order chi connectivity index (χ0) is 16.9. The Kier molecular flexibility index (Phi) is 10.1. The molecular formula is C22H40O2. The summed E-state index contributed by atoms with van der Waals surface area (Å²) in [5.74, 6) is -0.201. The molecular weight excluding hydrogens is 296 g/mol. The molecule has 0 aromatic rings. The van der Waals surface area contributed by atoms with Gasteiger partial charge in [0.15, 0.2) is 5.79 Å². The van der Waals surface area contributed by atoms with Crippen molar-refractivity contribution in [2.45, 2.75) is 115 Å². The first-order valence-electron chi connectivity index (χ1n) is 10.8. The number of hydrogen-bond donors (Lipinski definition) is 0. The highest BCUT2D eigenvalue weighted by atomic mass is 16.7. The number of unbranched alkanes of at least 4 members (excludes halogenated alkanes) is 11. The third-order valence-electron chi connectivity index (χ3n) is 5.71. The summed E-state index contributed by atoms with van der Waals surface area (Å²) in [6, 6.07) is 0. The maximum absolute atomic E-state index is 5.80. The summed E-state index contributed by atoms with van der Waals surface area (Å²) in [6.45, 7) is 3.87. The van der Waals surface area contributed by atoms with Crippen LogP contribution in [0.15, 0.2) is 11.6 Å². The van der Waals surface area contributed by atoms with Crippen LogP contribution in [-0.4, -0.2) is 19.0 Å². The monoisotopic (exact) mass is 336 g/mol. The Bertz CT molecular complexity index is 330. The fourth-order valence-corrected chi connectivity index (χ4v) is 4.06. The molecule has 2 fully saturated rings. The predicted molar refractivity (Wildman–Crippen MR) is 102 cm³/mol. The van der Waals surface area contributed by atoms with E-state index in [0.717, 1.165) is 26.1 Å². The van der Waals surface area contributed by atoms with Crippen molar-refractivity contribution in [3.05, 3.63) is 11.6 Å². The largest absolute Gasteiger partial charge is 0.348 e. The molecule has 2 heteroatoms. The summed E-state index contributed by atoms with van der Waals surface area (Å²) in [6.07, 6.45) is 24.0. The minimum absolute atomic E-state index is 0.201. The van der Waals surface area contributed by atoms with Gasteiger partial charge in [0.25, 0.3) is 0 Å². The molecule has 2 nitrogen and oxygen atoms in total. The normalized spacial score (nSPS) is 20.0. The van der Waals surface area contributed by atoms with E-state index in [9.17, 15) is 0 Å². The van der Waals surface area contributed by atoms with Gasteiger partial charge < -0.3 is 9.47 Å². The van der Waals surface area contributed by atoms with E-state index in [2.05, 4.69) is 13.0 Å². The molecule has 1 aliphatic carbocycles. The van der Waals surface area contributed by atoms with Crippen LogP contribution in [0.4, 0.5) is 0 Å². The Morgan fingerprint density at radius 1 is 0.750 bits per heavy atom. The Balaban J connectivity index is 1.38. The lowest BCUT2D eigenvalue weighted by molar-refractivity contribution is -0.171. The van der Waals surface area contributed by atoms with E-state index in [4.69, 9.17) is 9.47 Å². The van der Waals surface area contributed by atoms with Gasteiger partial charge in [-0.15, -0.1) is 0 Å². The maximum Gasteiger partial charge on any atom is 0.169 e. The lowest BCUT2D eigenvalue weighted by Crippen LogP contribution is -2.33. The van der Waals surface area contributed by atoms with E-state index in [1.807, 2.05) is 0 Å². The summed E-state index contributed by atoms with van der Waals surface area (Å²) in [4.78, 5) is 0. The number of rotatable bonds is 12. The molecule has 2 rings (SSSR count). The van der Waals surface area contributed by atoms with Crippen LogP contribution < -0.4 is 0 Å². The summed E-state index contributed by atoms with van der Waals surface area (Å²) in [5.41, 5.74) is 1.65. The molecule has 0 unspecified atom stereocenters. The van der Waals surface area contributed by atoms with Gasteiger partial charge in [-0.2, -0.15) is 0 Å². The Morgan fingerprint density at radius 2 is 1.25 bits per heavy atom. The average molecular weight is 337 g/mol. The van der Waals surface area contributed by atoms with Gasteiger partial charge in [-0.3, -0.25) is 0 Å². The molecule has 1 spiro atoms. The zero-order valence-electron chi connectivity index (χ0n) is 16.1. The molecule has 1 saturated heterocycles. The van der Waals surface area contributed by atoms with Crippen molar-refractivity contribution in [2.75, 3.05) is 13.2 Å². The van der Waals surface area contributed by atoms with Gasteiger partial charge in [-0.25, -0.2) is 0 Å². The van der Waals surface area contributed by atoms with Crippen LogP contribution in [-0.2, 0) is 9.47 Å². The lowest BCUT2D eigenvalue weighted by atomic mass is 9.89. The first kappa shape index (κ1) is 20.0. The first-order valence-corrected chi connectivity index (χ1v) is 10.8. The molecule has 0 atom stereocenters. The van der Waals surface area contributed by atoms with Crippen LogP contribution in [0.2, 0.25) is 0 Å². The van der Waals surface area contributed by atoms with Crippen molar-refractivity contribution >= 4 is 0 Å². The smallest absolute Gasteiger partial charge is 0.169 e. The van der Waals surface area contributed by atoms with Crippen LogP contribution in [0, 0.1) is 0 Å². The molecule has 0 aromatic carbocycles. The Labute approximate surface area is 150 Å². The van der Waals surface area contributed by atoms with Gasteiger partial charge >= 0.3 is 0 Å². The number of allylic oxidation sites excluding steroid dienone is 2. The van der Waals surface area contributed by atoms with Crippen molar-refractivity contribution in [2.24, 2.45) is 0 Å². The van der Waals surface area contributed by atoms with Gasteiger partial charge in [0.1, 0.15) is 0 Å². The van der Waals surface area contributed by atoms with Crippen molar-refractivity contribution in [3.8, 4) is 0 Å². The van der Waals surface area contributed by atoms with Crippen LogP contribution in [0.25, 0.3) is 0 Å². The third kappa shape index (κ3) is 7.70. The summed E-state index contributed by atoms with van der Waals surface area (Å²) in [5, 5.41) is 0. The highest BCUT2D eigenvalue weighted by Gasteiger charge is 2.38. The van der Waals surface area contributed by atoms with Crippen LogP contribution in [0.5, 0.6) is 0 Å². The van der Waals surface area contributed by atoms with E-state index in [-0.39, 0.29) is 5.79 Å². The van der Waals surface area contributed by atoms with Crippen LogP contribution >= 0.6 is 0 Å². The fraction of sp³-hybridized carbons (Fsp3) is 0.909. The van der Waals surface area contributed by atoms with Gasteiger partial charge in [0, 0.05) is 12.8 Å². The average Bonchev–Trinajstić information content (AvgIpc) is 3.06. The van der Waals surface area contributed by atoms with Gasteiger partial charge in [0.05, 0.1) is 13.2 Å². The second-order valence-corrected chi connectivity index (χ2v) is 7.79. The molecule has 24 heavy (non-hydrogen) atoms. The molecule has 0 aromatic heterocycles. The predicted octanol–water partition coefficient (Wildman–Crippen LogP) is 6.93. The quantitative estimate of drug-likeness (QED) is 0.284. The van der Waals surface area contributed by atoms with E-state index in [0.29, 0.717) is 0 Å². The minimum Gasteiger partial charge on any atom is -0.348 e. The Morgan fingerprint density at radius 3 is 1.79 bits per heavy atom. The van der Waals surface area contributed by atoms with Crippen LogP contribution in [0.3, 0.4) is 0 Å². The van der Waals surface area contributed by atoms with Crippen molar-refractivity contribution in [3.63, 3.8) is 0 Å². The second kappa shape index (κ2) is 12.1. The van der Waals surface area contributed by atoms with Crippen molar-refractivity contribution in [1.82, 2.24) is 0 Å². The van der Waals surface area contributed by atoms with E-state index in [1.165, 1.54) is 89.9 Å². The highest BCUT2D eigenvalue weighted by Crippen LogP contribution is 2.38. The van der Waals surface area contributed by atoms with Gasteiger partial charge in [-0.1, -0.05) is 82.8 Å². The minimum atomic E-state index is -0.201. The van der Waals surface area contributed by atoms with Crippen molar-refractivity contribution < 1.29 is 9.47 Å². The fourth-order valence-electron chi connectivity index (χ4n) is 4.06. The highest BCUT2D eigenvalue weighted by molar-refractivity contribution is 5.07. The molecule has 1 heterocycles. The van der Waals surface area contributed by atoms with Crippen molar-refractivity contribution in [1.29, 1.82) is 0 Å². The SMILES string of the molecule is CCCCCCCCCCCCCC=C1CCC2(CC1)OCCO2. The molecule has 140 valence electrons. The third-order valence-corrected chi connectivity index (χ3v) is 5.71. The molecule has 2 aliphatic rings. The van der Waals surface area contributed by atoms with E-state index < -0.39 is 0 Å². The molecule has 0 radical (unpaired) electrons. The maximum atomic E-state index is 5.80. The number of hydrogen-bond acceptors (Lipinski definition) is 2. The lowest BCUT2D eigenvalue weighted by Gasteiger charge is -2.32. The summed E-state index contributed by atoms with van der Waals surface area (Å²) >= 11 is 0. The zero-order valence-corrected chi connectivity index (χ0v) is 16.1. The standard InChI is InChI=1S/C22H40O2/c1-2-3-4-5-6-7-8-9-10-11-12-13-14-21-15-17-22(18-16-21)23-19-20-24-22/h14H,2-13,15-20H2,1H3. The Hall–Kier alpha value is -0.340. The first-order chi connectivity index (χ1) is 11.8. The molecule has 1 aliphatic heterocycles. The summed E-state index contributed by atoms with van der Waals surface area (Å²) in [7, 11) is 0. The second-order valence-electron chi connectivity index (χ2n) is 7.79.